The van der Waals surface area contributed by atoms with E-state index in [1.807, 2.05) is 6.07 Å². The van der Waals surface area contributed by atoms with Gasteiger partial charge in [0.1, 0.15) is 11.6 Å². The number of para-hydroxylation sites is 1. The van der Waals surface area contributed by atoms with E-state index >= 15 is 0 Å². The molecule has 31 heavy (non-hydrogen) atoms. The molecule has 154 valence electrons. The van der Waals surface area contributed by atoms with Gasteiger partial charge in [-0.15, -0.1) is 0 Å². The highest BCUT2D eigenvalue weighted by atomic mass is 127. The van der Waals surface area contributed by atoms with E-state index in [-0.39, 0.29) is 33.5 Å². The quantitative estimate of drug-likeness (QED) is 0.210. The van der Waals surface area contributed by atoms with Crippen molar-refractivity contribution in [3.8, 4) is 11.4 Å². The highest BCUT2D eigenvalue weighted by Crippen LogP contribution is 2.27. The third-order valence-electron chi connectivity index (χ3n) is 4.59. The van der Waals surface area contributed by atoms with Gasteiger partial charge in [0, 0.05) is 21.3 Å². The molecule has 0 bridgehead atoms. The predicted molar refractivity (Wildman–Crippen MR) is 129 cm³/mol. The number of halogens is 2. The Morgan fingerprint density at radius 1 is 1.10 bits per heavy atom. The zero-order chi connectivity index (χ0) is 22.1. The van der Waals surface area contributed by atoms with Crippen LogP contribution in [-0.2, 0) is 0 Å². The summed E-state index contributed by atoms with van der Waals surface area (Å²) in [7, 11) is 0. The van der Waals surface area contributed by atoms with E-state index in [0.717, 1.165) is 3.57 Å². The molecule has 0 saturated heterocycles. The third-order valence-corrected chi connectivity index (χ3v) is 5.56. The number of rotatable bonds is 4. The van der Waals surface area contributed by atoms with E-state index in [1.165, 1.54) is 22.8 Å². The average Bonchev–Trinajstić information content (AvgIpc) is 2.74. The van der Waals surface area contributed by atoms with Crippen molar-refractivity contribution in [2.45, 2.75) is 0 Å². The van der Waals surface area contributed by atoms with Crippen LogP contribution in [0.3, 0.4) is 0 Å². The molecule has 0 amide bonds. The van der Waals surface area contributed by atoms with E-state index in [2.05, 4.69) is 27.6 Å². The fourth-order valence-corrected chi connectivity index (χ4v) is 3.85. The summed E-state index contributed by atoms with van der Waals surface area (Å²) in [6.45, 7) is 0. The van der Waals surface area contributed by atoms with Crippen LogP contribution < -0.4 is 5.56 Å². The number of hydrogen-bond acceptors (Lipinski definition) is 5. The van der Waals surface area contributed by atoms with Gasteiger partial charge in [-0.05, 0) is 65.1 Å². The number of benzene rings is 3. The summed E-state index contributed by atoms with van der Waals surface area (Å²) in [5.41, 5.74) is 0.757. The maximum Gasteiger partial charge on any atom is 0.271 e. The van der Waals surface area contributed by atoms with Crippen LogP contribution >= 0.6 is 34.2 Å². The fraction of sp³-hybridized carbons (Fsp3) is 0. The summed E-state index contributed by atoms with van der Waals surface area (Å²) in [5.74, 6) is 0.342. The number of aromatic nitrogens is 2. The van der Waals surface area contributed by atoms with Crippen molar-refractivity contribution in [2.24, 2.45) is 0 Å². The number of phenolic OH excluding ortho intramolecular Hbond substituents is 1. The van der Waals surface area contributed by atoms with E-state index in [4.69, 9.17) is 11.6 Å². The minimum atomic E-state index is -0.557. The standard InChI is InChI=1S/C22H13ClIN3O4/c23-17-12-15(27(30)31)7-9-19(17)26-21(10-5-13-3-1-2-4-20(13)28)25-18-8-6-14(24)11-16(18)22(26)29/h1-12,28H/b10-5+. The topological polar surface area (TPSA) is 98.3 Å². The highest BCUT2D eigenvalue weighted by molar-refractivity contribution is 14.1. The van der Waals surface area contributed by atoms with Gasteiger partial charge in [0.15, 0.2) is 0 Å². The molecule has 9 heteroatoms. The zero-order valence-electron chi connectivity index (χ0n) is 15.7. The first-order chi connectivity index (χ1) is 14.8. The summed E-state index contributed by atoms with van der Waals surface area (Å²) < 4.78 is 2.17. The van der Waals surface area contributed by atoms with E-state index in [0.29, 0.717) is 16.5 Å². The second-order valence-electron chi connectivity index (χ2n) is 6.56. The molecular formula is C22H13ClIN3O4. The average molecular weight is 546 g/mol. The van der Waals surface area contributed by atoms with Gasteiger partial charge in [0.05, 0.1) is 26.5 Å². The lowest BCUT2D eigenvalue weighted by Crippen LogP contribution is -2.22. The van der Waals surface area contributed by atoms with Gasteiger partial charge in [-0.3, -0.25) is 19.5 Å². The summed E-state index contributed by atoms with van der Waals surface area (Å²) in [4.78, 5) is 28.5. The second-order valence-corrected chi connectivity index (χ2v) is 8.21. The summed E-state index contributed by atoms with van der Waals surface area (Å²) in [5, 5.41) is 21.5. The van der Waals surface area contributed by atoms with Gasteiger partial charge in [-0.2, -0.15) is 0 Å². The van der Waals surface area contributed by atoms with Crippen molar-refractivity contribution < 1.29 is 10.0 Å². The monoisotopic (exact) mass is 545 g/mol. The van der Waals surface area contributed by atoms with Crippen LogP contribution in [0.4, 0.5) is 5.69 Å². The van der Waals surface area contributed by atoms with E-state index < -0.39 is 4.92 Å². The molecule has 0 aliphatic carbocycles. The van der Waals surface area contributed by atoms with Crippen LogP contribution in [0.1, 0.15) is 11.4 Å². The Morgan fingerprint density at radius 2 is 1.87 bits per heavy atom. The van der Waals surface area contributed by atoms with Crippen LogP contribution in [0.15, 0.2) is 65.5 Å². The van der Waals surface area contributed by atoms with Gasteiger partial charge in [0.2, 0.25) is 0 Å². The first kappa shape index (κ1) is 21.0. The molecule has 0 unspecified atom stereocenters. The number of aromatic hydroxyl groups is 1. The van der Waals surface area contributed by atoms with Gasteiger partial charge < -0.3 is 5.11 Å². The Labute approximate surface area is 194 Å². The Hall–Kier alpha value is -3.24. The largest absolute Gasteiger partial charge is 0.507 e. The van der Waals surface area contributed by atoms with Gasteiger partial charge in [-0.1, -0.05) is 29.8 Å². The minimum Gasteiger partial charge on any atom is -0.507 e. The Kier molecular flexibility index (Phi) is 5.75. The number of non-ortho nitro benzene ring substituents is 1. The second kappa shape index (κ2) is 8.48. The molecule has 7 nitrogen and oxygen atoms in total. The molecule has 1 aromatic heterocycles. The molecule has 4 aromatic rings. The first-order valence-electron chi connectivity index (χ1n) is 8.98. The Balaban J connectivity index is 1.99. The van der Waals surface area contributed by atoms with Crippen LogP contribution in [0.25, 0.3) is 28.7 Å². The lowest BCUT2D eigenvalue weighted by Gasteiger charge is -2.13. The molecule has 0 aliphatic heterocycles. The van der Waals surface area contributed by atoms with Gasteiger partial charge in [0.25, 0.3) is 11.2 Å². The molecule has 0 saturated carbocycles. The van der Waals surface area contributed by atoms with Crippen LogP contribution in [0.2, 0.25) is 5.02 Å². The summed E-state index contributed by atoms with van der Waals surface area (Å²) >= 11 is 8.43. The molecular weight excluding hydrogens is 533 g/mol. The molecule has 0 aliphatic rings. The van der Waals surface area contributed by atoms with Crippen molar-refractivity contribution in [3.63, 3.8) is 0 Å². The van der Waals surface area contributed by atoms with Crippen molar-refractivity contribution in [2.75, 3.05) is 0 Å². The lowest BCUT2D eigenvalue weighted by atomic mass is 10.1. The van der Waals surface area contributed by atoms with Crippen molar-refractivity contribution >= 4 is 62.9 Å². The third kappa shape index (κ3) is 4.17. The van der Waals surface area contributed by atoms with E-state index in [9.17, 15) is 20.0 Å². The fourth-order valence-electron chi connectivity index (χ4n) is 3.10. The normalized spacial score (nSPS) is 11.3. The van der Waals surface area contributed by atoms with Gasteiger partial charge >= 0.3 is 0 Å². The van der Waals surface area contributed by atoms with Crippen LogP contribution in [0, 0.1) is 13.7 Å². The highest BCUT2D eigenvalue weighted by Gasteiger charge is 2.17. The molecule has 0 spiro atoms. The lowest BCUT2D eigenvalue weighted by molar-refractivity contribution is -0.384. The van der Waals surface area contributed by atoms with Crippen LogP contribution in [-0.4, -0.2) is 19.6 Å². The molecule has 4 rings (SSSR count). The van der Waals surface area contributed by atoms with Crippen molar-refractivity contribution in [1.29, 1.82) is 0 Å². The first-order valence-corrected chi connectivity index (χ1v) is 10.4. The molecule has 0 atom stereocenters. The number of phenols is 1. The number of fused-ring (bicyclic) bond motifs is 1. The molecule has 3 aromatic carbocycles. The molecule has 0 radical (unpaired) electrons. The number of nitro benzene ring substituents is 1. The maximum absolute atomic E-state index is 13.4. The SMILES string of the molecule is O=c1c2cc(I)ccc2nc(/C=C/c2ccccc2O)n1-c1ccc([N+](=O)[O-])cc1Cl. The van der Waals surface area contributed by atoms with Gasteiger partial charge in [-0.25, -0.2) is 4.98 Å². The molecule has 0 fully saturated rings. The maximum atomic E-state index is 13.4. The molecule has 1 heterocycles. The number of nitro groups is 1. The number of hydrogen-bond donors (Lipinski definition) is 1. The summed E-state index contributed by atoms with van der Waals surface area (Å²) in [6, 6.07) is 15.9. The summed E-state index contributed by atoms with van der Waals surface area (Å²) in [6.07, 6.45) is 3.22. The van der Waals surface area contributed by atoms with Crippen molar-refractivity contribution in [3.05, 3.63) is 101 Å². The molecule has 1 N–H and O–H groups in total. The van der Waals surface area contributed by atoms with E-state index in [1.54, 1.807) is 48.6 Å². The Bertz CT molecular complexity index is 1430. The van der Waals surface area contributed by atoms with Crippen LogP contribution in [0.5, 0.6) is 5.75 Å². The Morgan fingerprint density at radius 3 is 2.58 bits per heavy atom. The van der Waals surface area contributed by atoms with Crippen molar-refractivity contribution in [1.82, 2.24) is 9.55 Å². The minimum absolute atomic E-state index is 0.0419. The predicted octanol–water partition coefficient (Wildman–Crippen LogP) is 5.43. The smallest absolute Gasteiger partial charge is 0.271 e. The number of nitrogens with zero attached hydrogens (tertiary/aromatic N) is 3. The zero-order valence-corrected chi connectivity index (χ0v) is 18.6.